The van der Waals surface area contributed by atoms with Gasteiger partial charge >= 0.3 is 11.9 Å². The van der Waals surface area contributed by atoms with Gasteiger partial charge in [-0.1, -0.05) is 83.4 Å². The monoisotopic (exact) mass is 1660 g/mol. The Morgan fingerprint density at radius 2 is 0.911 bits per heavy atom. The maximum Gasteiger partial charge on any atom is 0.337 e. The summed E-state index contributed by atoms with van der Waals surface area (Å²) in [7, 11) is 8.38. The topological polar surface area (TPSA) is 344 Å². The van der Waals surface area contributed by atoms with Crippen LogP contribution in [0.4, 0.5) is 30.6 Å². The molecule has 12 N–H and O–H groups in total. The van der Waals surface area contributed by atoms with E-state index in [2.05, 4.69) is 62.0 Å². The van der Waals surface area contributed by atoms with Gasteiger partial charge in [0.05, 0.1) is 61.4 Å². The molecule has 2 aliphatic heterocycles. The van der Waals surface area contributed by atoms with Crippen molar-refractivity contribution in [2.24, 2.45) is 11.6 Å². The number of aromatic carboxylic acids is 2. The summed E-state index contributed by atoms with van der Waals surface area (Å²) in [5, 5.41) is 35.4. The summed E-state index contributed by atoms with van der Waals surface area (Å²) in [6.45, 7) is 1.41. The van der Waals surface area contributed by atoms with Gasteiger partial charge in [-0.15, -0.1) is 12.4 Å². The van der Waals surface area contributed by atoms with E-state index in [1.54, 1.807) is 94.2 Å². The van der Waals surface area contributed by atoms with Crippen LogP contribution in [0.15, 0.2) is 147 Å². The number of benzene rings is 3. The number of aromatic nitrogens is 6. The Bertz CT molecular complexity index is 5000. The van der Waals surface area contributed by atoms with Crippen molar-refractivity contribution in [3.63, 3.8) is 0 Å². The average molecular weight is 1660 g/mol. The summed E-state index contributed by atoms with van der Waals surface area (Å²) < 4.78 is 43.3. The zero-order valence-electron chi connectivity index (χ0n) is 60.8. The van der Waals surface area contributed by atoms with Crippen LogP contribution in [-0.2, 0) is 48.1 Å². The molecule has 3 aliphatic carbocycles. The highest BCUT2D eigenvalue weighted by atomic mass is 35.5. The maximum atomic E-state index is 14.7. The third-order valence-electron chi connectivity index (χ3n) is 18.8. The molecule has 3 amide bonds. The standard InChI is InChI=1S/C27H27ClFN7O2S.C22H19ClFN5O2S.C15H13FN2S.C7H8ClN3O2.C5H10N2O.ClH/c1-35-11-9-22(26(35)38)32-25(37)16-12-20(28)24(31-13-16)36(2)34-27(39)33-23-18-4-3-5-21(29)17(18)7-6-15-8-10-30-14-19(15)23;1-29(20-17(23)9-13(10-26-20)21(30)31)28-22(32)27-19-15-3-2-4-18(24)14(15)6-5-12-7-8-25-11-16(12)19;16-14-3-1-2-12-11(14)5-4-10-6-7-17-8-13(10)15(12)18-9-19;1-11(9)6-5(8)2-4(3-10-6)7(12)13;1-7-3-2-4(6)5(7)8;/h3-5,8,10,12-14,22-23H,6-7,9,11H2,1-2H3,(H,32,37)(H2,33,34,39);2-4,7-11,19H,5-6H2,1H3,(H,30,31)(H2,27,28,32);1-3,6-9,15H,4-5H2,(H,18,19);2-3H,9H2,1H3,(H,12,13);4H,2-3,6H2,1H3;1H/t;;;;4-;/m....1./s1. The van der Waals surface area contributed by atoms with Crippen LogP contribution in [-0.4, -0.2) is 156 Å². The zero-order valence-corrected chi connectivity index (χ0v) is 66.3. The molecule has 0 bridgehead atoms. The summed E-state index contributed by atoms with van der Waals surface area (Å²) in [5.41, 5.74) is 24.0. The average Bonchev–Trinajstić information content (AvgIpc) is 1.62. The molecule has 0 radical (unpaired) electrons. The lowest BCUT2D eigenvalue weighted by Gasteiger charge is -2.27. The van der Waals surface area contributed by atoms with Crippen LogP contribution in [0.2, 0.25) is 15.1 Å². The number of carboxylic acid groups (broad SMARTS) is 2. The number of pyridine rings is 6. The molecular formula is C76H78Cl4F3N19O7S3. The number of hydrogen-bond acceptors (Lipinski definition) is 19. The number of rotatable bonds is 13. The highest BCUT2D eigenvalue weighted by Gasteiger charge is 2.33. The normalized spacial score (nSPS) is 16.6. The zero-order chi connectivity index (χ0) is 79.9. The molecule has 36 heteroatoms. The van der Waals surface area contributed by atoms with E-state index in [9.17, 15) is 37.1 Å². The number of carbonyl (C=O) groups is 5. The van der Waals surface area contributed by atoms with Gasteiger partial charge in [-0.2, -0.15) is 0 Å². The number of hydrogen-bond donors (Lipinski definition) is 10. The summed E-state index contributed by atoms with van der Waals surface area (Å²) in [6.07, 6.45) is 19.8. The maximum absolute atomic E-state index is 14.7. The molecule has 9 aromatic rings. The largest absolute Gasteiger partial charge is 0.478 e. The fourth-order valence-corrected chi connectivity index (χ4v) is 14.7. The first-order chi connectivity index (χ1) is 53.1. The molecule has 586 valence electrons. The Morgan fingerprint density at radius 1 is 0.536 bits per heavy atom. The molecule has 14 rings (SSSR count). The number of carboxylic acids is 2. The number of thiocarbonyl (C=S) groups is 3. The number of hydrazine groups is 3. The van der Waals surface area contributed by atoms with E-state index in [0.717, 1.165) is 69.5 Å². The molecule has 5 atom stereocenters. The van der Waals surface area contributed by atoms with Crippen LogP contribution < -0.4 is 58.7 Å². The van der Waals surface area contributed by atoms with Gasteiger partial charge in [-0.25, -0.2) is 43.6 Å². The van der Waals surface area contributed by atoms with Crippen molar-refractivity contribution in [2.75, 3.05) is 63.4 Å². The lowest BCUT2D eigenvalue weighted by Crippen LogP contribution is -2.47. The fraction of sp³-hybridized carbons (Fsp3) is 0.263. The number of fused-ring (bicyclic) bond motifs is 6. The Balaban J connectivity index is 0.000000175. The molecule has 6 aromatic heterocycles. The van der Waals surface area contributed by atoms with Crippen molar-refractivity contribution in [2.45, 2.75) is 81.6 Å². The van der Waals surface area contributed by atoms with Crippen LogP contribution in [0, 0.1) is 17.5 Å². The Hall–Kier alpha value is -10.6. The van der Waals surface area contributed by atoms with Crippen molar-refractivity contribution >= 4 is 147 Å². The fourth-order valence-electron chi connectivity index (χ4n) is 13.1. The van der Waals surface area contributed by atoms with E-state index in [1.165, 1.54) is 81.1 Å². The van der Waals surface area contributed by atoms with Crippen molar-refractivity contribution in [1.82, 2.24) is 71.8 Å². The summed E-state index contributed by atoms with van der Waals surface area (Å²) in [4.78, 5) is 85.3. The number of nitrogens with one attached hydrogen (secondary N) is 6. The molecule has 0 spiro atoms. The van der Waals surface area contributed by atoms with Gasteiger partial charge < -0.3 is 47.0 Å². The van der Waals surface area contributed by atoms with E-state index in [4.69, 9.17) is 93.2 Å². The second-order valence-electron chi connectivity index (χ2n) is 26.1. The molecule has 2 fully saturated rings. The first-order valence-electron chi connectivity index (χ1n) is 34.5. The minimum Gasteiger partial charge on any atom is -0.478 e. The number of nitrogens with zero attached hydrogens (tertiary/aromatic N) is 11. The number of anilines is 3. The third-order valence-corrected chi connectivity index (χ3v) is 20.2. The van der Waals surface area contributed by atoms with Gasteiger partial charge in [0.2, 0.25) is 11.8 Å². The Labute approximate surface area is 680 Å². The first-order valence-corrected chi connectivity index (χ1v) is 36.9. The van der Waals surface area contributed by atoms with Crippen LogP contribution in [0.25, 0.3) is 0 Å². The van der Waals surface area contributed by atoms with E-state index in [-0.39, 0.29) is 95.7 Å². The number of carbonyl (C=O) groups excluding carboxylic acids is 3. The van der Waals surface area contributed by atoms with Gasteiger partial charge in [0.1, 0.15) is 23.5 Å². The highest BCUT2D eigenvalue weighted by Crippen LogP contribution is 2.37. The van der Waals surface area contributed by atoms with Gasteiger partial charge in [0.15, 0.2) is 27.7 Å². The van der Waals surface area contributed by atoms with E-state index in [0.29, 0.717) is 73.7 Å². The summed E-state index contributed by atoms with van der Waals surface area (Å²) >= 11 is 34.4. The Morgan fingerprint density at radius 3 is 1.26 bits per heavy atom. The molecule has 0 saturated carbocycles. The quantitative estimate of drug-likeness (QED) is 0.0291. The molecule has 2 saturated heterocycles. The highest BCUT2D eigenvalue weighted by molar-refractivity contribution is 7.80. The molecule has 5 aliphatic rings. The molecule has 3 aromatic carbocycles. The lowest BCUT2D eigenvalue weighted by molar-refractivity contribution is -0.128. The summed E-state index contributed by atoms with van der Waals surface area (Å²) in [5.74, 6) is 3.05. The van der Waals surface area contributed by atoms with E-state index >= 15 is 0 Å². The van der Waals surface area contributed by atoms with Crippen molar-refractivity contribution in [3.8, 4) is 0 Å². The number of likely N-dealkylation sites (N-methyl/N-ethyl adjacent to an activating group) is 2. The number of halogens is 7. The lowest BCUT2D eigenvalue weighted by atomic mass is 9.96. The van der Waals surface area contributed by atoms with Crippen molar-refractivity contribution in [3.05, 3.63) is 263 Å². The number of amides is 3. The van der Waals surface area contributed by atoms with Crippen molar-refractivity contribution in [1.29, 1.82) is 0 Å². The SMILES string of the molecule is CN(N)c1ncc(C(=O)O)cc1Cl.CN(NC(=S)NC1c2cnccc2CCc2c(F)cccc21)c1ncc(C(=O)O)cc1Cl.CN1CCC(NC(=O)c2cnc(N(C)NC(=S)NC3c4cnccc4CCc4c(F)cccc43)c(Cl)c2)C1=O.CN1CC[C@@H](N)C1=O.Cl.Fc1cccc2c1CCc1ccncc1C2NC=S. The van der Waals surface area contributed by atoms with Crippen LogP contribution in [0.3, 0.4) is 0 Å². The Kier molecular flexibility index (Phi) is 29.8. The first kappa shape index (κ1) is 85.5. The molecule has 26 nitrogen and oxygen atoms in total. The van der Waals surface area contributed by atoms with E-state index in [1.807, 2.05) is 42.6 Å². The third kappa shape index (κ3) is 20.8. The van der Waals surface area contributed by atoms with Gasteiger partial charge in [-0.05, 0) is 180 Å². The molecule has 112 heavy (non-hydrogen) atoms. The van der Waals surface area contributed by atoms with E-state index < -0.39 is 36.0 Å². The minimum absolute atomic E-state index is 0. The van der Waals surface area contributed by atoms with Crippen LogP contribution >= 0.6 is 83.9 Å². The van der Waals surface area contributed by atoms with Crippen molar-refractivity contribution < 1.29 is 47.4 Å². The smallest absolute Gasteiger partial charge is 0.337 e. The van der Waals surface area contributed by atoms with Crippen LogP contribution in [0.1, 0.15) is 129 Å². The second kappa shape index (κ2) is 39.1. The van der Waals surface area contributed by atoms with Gasteiger partial charge in [0, 0.05) is 121 Å². The van der Waals surface area contributed by atoms with Crippen LogP contribution in [0.5, 0.6) is 0 Å². The number of aryl methyl sites for hydroxylation is 3. The molecule has 8 heterocycles. The summed E-state index contributed by atoms with van der Waals surface area (Å²) in [6, 6.07) is 23.6. The minimum atomic E-state index is -1.12. The second-order valence-corrected chi connectivity index (χ2v) is 28.3. The predicted octanol–water partition coefficient (Wildman–Crippen LogP) is 9.90. The predicted molar refractivity (Wildman–Crippen MR) is 436 cm³/mol. The van der Waals surface area contributed by atoms with Gasteiger partial charge in [0.25, 0.3) is 5.91 Å². The molecular weight excluding hydrogens is 1590 g/mol. The number of likely N-dealkylation sites (tertiary alicyclic amines) is 2. The van der Waals surface area contributed by atoms with Gasteiger partial charge in [-0.3, -0.25) is 55.2 Å². The molecule has 4 unspecified atom stereocenters. The number of nitrogens with two attached hydrogens (primary N) is 2.